The molecule has 1 aromatic heterocycles. The van der Waals surface area contributed by atoms with Crippen molar-refractivity contribution in [3.05, 3.63) is 82.4 Å². The molecule has 1 aliphatic rings. The van der Waals surface area contributed by atoms with E-state index in [1.54, 1.807) is 32.1 Å². The molecule has 260 valence electrons. The first-order chi connectivity index (χ1) is 22.6. The molecule has 3 aromatic carbocycles. The van der Waals surface area contributed by atoms with Gasteiger partial charge in [-0.1, -0.05) is 73.4 Å². The molecule has 2 heterocycles. The predicted molar refractivity (Wildman–Crippen MR) is 188 cm³/mol. The van der Waals surface area contributed by atoms with E-state index < -0.39 is 31.4 Å². The lowest BCUT2D eigenvalue weighted by Gasteiger charge is -2.62. The van der Waals surface area contributed by atoms with Crippen LogP contribution in [0.2, 0.25) is 10.0 Å². The molecule has 48 heavy (non-hydrogen) atoms. The summed E-state index contributed by atoms with van der Waals surface area (Å²) in [6.07, 6.45) is 1.86. The lowest BCUT2D eigenvalue weighted by atomic mass is 10.1. The van der Waals surface area contributed by atoms with E-state index in [2.05, 4.69) is 0 Å². The molecule has 1 aliphatic heterocycles. The summed E-state index contributed by atoms with van der Waals surface area (Å²) in [5, 5.41) is 0.645. The molecule has 0 amide bonds. The summed E-state index contributed by atoms with van der Waals surface area (Å²) in [6.45, 7) is 6.18. The van der Waals surface area contributed by atoms with Gasteiger partial charge in [-0.25, -0.2) is 8.42 Å². The molecule has 0 atom stereocenters. The Kier molecular flexibility index (Phi) is 10.6. The van der Waals surface area contributed by atoms with Crippen molar-refractivity contribution < 1.29 is 35.3 Å². The summed E-state index contributed by atoms with van der Waals surface area (Å²) in [5.74, 6) is -0.155. The van der Waals surface area contributed by atoms with Gasteiger partial charge in [0.1, 0.15) is 5.82 Å². The third-order valence-corrected chi connectivity index (χ3v) is 12.4. The smallest absolute Gasteiger partial charge is 0.377 e. The van der Waals surface area contributed by atoms with Crippen LogP contribution in [0.4, 0.5) is 11.4 Å². The van der Waals surface area contributed by atoms with Gasteiger partial charge >= 0.3 is 5.89 Å². The van der Waals surface area contributed by atoms with E-state index in [0.717, 1.165) is 21.1 Å². The number of aromatic nitrogens is 1. The molecule has 0 N–H and O–H groups in total. The third kappa shape index (κ3) is 7.74. The summed E-state index contributed by atoms with van der Waals surface area (Å²) >= 11 is 12.9. The van der Waals surface area contributed by atoms with Crippen LogP contribution in [0.1, 0.15) is 39.5 Å². The predicted octanol–water partition coefficient (Wildman–Crippen LogP) is 6.00. The highest BCUT2D eigenvalue weighted by molar-refractivity contribution is 8.07. The van der Waals surface area contributed by atoms with Crippen LogP contribution in [0.15, 0.2) is 70.9 Å². The highest BCUT2D eigenvalue weighted by atomic mass is 35.5. The number of hydrogen-bond acceptors (Lipinski definition) is 9. The van der Waals surface area contributed by atoms with Crippen molar-refractivity contribution in [3.8, 4) is 11.1 Å². The van der Waals surface area contributed by atoms with Gasteiger partial charge in [0.05, 0.1) is 37.6 Å². The van der Waals surface area contributed by atoms with Crippen LogP contribution in [0.5, 0.6) is 0 Å². The van der Waals surface area contributed by atoms with Crippen LogP contribution in [0.3, 0.4) is 0 Å². The number of nitrogens with zero attached hydrogens (tertiary/aromatic N) is 4. The number of fused-ring (bicyclic) bond motifs is 2. The number of benzene rings is 3. The van der Waals surface area contributed by atoms with Crippen molar-refractivity contribution in [2.24, 2.45) is 0 Å². The lowest BCUT2D eigenvalue weighted by Crippen LogP contribution is -2.53. The van der Waals surface area contributed by atoms with Crippen LogP contribution in [0, 0.1) is 0 Å². The molecular weight excluding hydrogens is 699 g/mol. The second-order valence-corrected chi connectivity index (χ2v) is 16.6. The zero-order valence-corrected chi connectivity index (χ0v) is 30.1. The molecular formula is C33H38Cl2N4O7S2-2. The molecule has 0 unspecified atom stereocenters. The fourth-order valence-electron chi connectivity index (χ4n) is 6.15. The van der Waals surface area contributed by atoms with Gasteiger partial charge in [-0.15, -0.1) is 0 Å². The van der Waals surface area contributed by atoms with Crippen LogP contribution < -0.4 is 14.4 Å². The van der Waals surface area contributed by atoms with Gasteiger partial charge in [-0.05, 0) is 48.4 Å². The highest BCUT2D eigenvalue weighted by Crippen LogP contribution is 2.46. The van der Waals surface area contributed by atoms with Gasteiger partial charge in [-0.2, -0.15) is 14.4 Å². The highest BCUT2D eigenvalue weighted by Gasteiger charge is 2.34. The standard InChI is InChI=1S/C33H40Cl2N4O7S2/c1-4-36(5-2)48(43,44,45)19-11-17-38-29-22-27(35)26(34)21-28(29)37(6-3)32(38)23-33-39(16-10-18-47(40,41)42)30-20-25(14-15-31(30)46-33)24-12-8-7-9-13-24/h7-9,12-15,20-23H,4-6,10-11,16-19H2,1-3H3,(H2-,40,41,42,43,44,45)/p-2. The average molecular weight is 738 g/mol. The number of oxazole rings is 1. The van der Waals surface area contributed by atoms with Crippen LogP contribution >= 0.6 is 23.2 Å². The van der Waals surface area contributed by atoms with Crippen LogP contribution in [-0.2, 0) is 26.5 Å². The van der Waals surface area contributed by atoms with E-state index in [1.165, 1.54) is 0 Å². The largest absolute Gasteiger partial charge is 0.788 e. The minimum absolute atomic E-state index is 0.0192. The Morgan fingerprint density at radius 2 is 1.56 bits per heavy atom. The number of anilines is 2. The molecule has 0 fully saturated rings. The second kappa shape index (κ2) is 14.1. The normalized spacial score (nSPS) is 15.4. The topological polar surface area (TPSA) is 147 Å². The lowest BCUT2D eigenvalue weighted by molar-refractivity contribution is -0.677. The third-order valence-electron chi connectivity index (χ3n) is 8.41. The Hall–Kier alpha value is -3.01. The first-order valence-electron chi connectivity index (χ1n) is 15.7. The molecule has 5 rings (SSSR count). The molecule has 0 bridgehead atoms. The van der Waals surface area contributed by atoms with Crippen LogP contribution in [-0.4, -0.2) is 68.3 Å². The van der Waals surface area contributed by atoms with Gasteiger partial charge < -0.3 is 27.9 Å². The molecule has 0 spiro atoms. The second-order valence-electron chi connectivity index (χ2n) is 11.5. The Morgan fingerprint density at radius 1 is 0.917 bits per heavy atom. The number of hydrogen-bond donors (Lipinski definition) is 0. The number of rotatable bonds is 14. The summed E-state index contributed by atoms with van der Waals surface area (Å²) in [6, 6.07) is 18.9. The number of aryl methyl sites for hydroxylation is 1. The average Bonchev–Trinajstić information content (AvgIpc) is 3.50. The molecule has 0 saturated carbocycles. The maximum absolute atomic E-state index is 13.1. The summed E-state index contributed by atoms with van der Waals surface area (Å²) < 4.78 is 82.8. The van der Waals surface area contributed by atoms with Crippen LogP contribution in [0.25, 0.3) is 28.3 Å². The molecule has 0 aliphatic carbocycles. The van der Waals surface area contributed by atoms with Crippen molar-refractivity contribution in [2.45, 2.75) is 40.2 Å². The van der Waals surface area contributed by atoms with Gasteiger partial charge in [-0.3, -0.25) is 8.51 Å². The summed E-state index contributed by atoms with van der Waals surface area (Å²) in [4.78, 5) is 3.85. The maximum Gasteiger partial charge on any atom is 0.377 e. The summed E-state index contributed by atoms with van der Waals surface area (Å²) in [7, 11) is -10.0. The molecule has 0 saturated heterocycles. The maximum atomic E-state index is 13.1. The minimum atomic E-state index is -5.56. The van der Waals surface area contributed by atoms with Crippen molar-refractivity contribution >= 4 is 71.7 Å². The van der Waals surface area contributed by atoms with Gasteiger partial charge in [0.25, 0.3) is 5.52 Å². The van der Waals surface area contributed by atoms with Crippen molar-refractivity contribution in [2.75, 3.05) is 47.5 Å². The Labute approximate surface area is 291 Å². The number of sulfonamides is 3. The Morgan fingerprint density at radius 3 is 2.17 bits per heavy atom. The zero-order valence-electron chi connectivity index (χ0n) is 26.9. The Balaban J connectivity index is 1.61. The number of halogens is 2. The van der Waals surface area contributed by atoms with Gasteiger partial charge in [0, 0.05) is 44.4 Å². The van der Waals surface area contributed by atoms with Crippen molar-refractivity contribution in [3.63, 3.8) is 0 Å². The van der Waals surface area contributed by atoms with Crippen molar-refractivity contribution in [1.29, 1.82) is 0 Å². The molecule has 0 radical (unpaired) electrons. The van der Waals surface area contributed by atoms with E-state index in [4.69, 9.17) is 27.6 Å². The summed E-state index contributed by atoms with van der Waals surface area (Å²) in [5.41, 5.74) is 4.55. The van der Waals surface area contributed by atoms with Crippen molar-refractivity contribution in [1.82, 2.24) is 4.31 Å². The molecule has 4 aromatic rings. The monoisotopic (exact) mass is 736 g/mol. The zero-order chi connectivity index (χ0) is 34.9. The van der Waals surface area contributed by atoms with E-state index in [1.807, 2.05) is 69.8 Å². The first kappa shape index (κ1) is 36.3. The van der Waals surface area contributed by atoms with E-state index in [-0.39, 0.29) is 39.0 Å². The fraction of sp³-hybridized carbons (Fsp3) is 0.364. The van der Waals surface area contributed by atoms with E-state index in [0.29, 0.717) is 45.1 Å². The van der Waals surface area contributed by atoms with E-state index in [9.17, 15) is 26.3 Å². The molecule has 15 heteroatoms. The van der Waals surface area contributed by atoms with Gasteiger partial charge in [0.2, 0.25) is 5.58 Å². The first-order valence-corrected chi connectivity index (χ1v) is 20.0. The SMILES string of the molecule is CCN1/C(=C\c2oc3ccc(-c4ccccc4)cc3[n+]2CCCS(=O)(=O)[O-])N(CCCS(=O)([O-])([O-])N(CC)CC)c2cc(Cl)c(Cl)cc21. The Bertz CT molecular complexity index is 2010. The quantitative estimate of drug-likeness (QED) is 0.112. The molecule has 11 nitrogen and oxygen atoms in total. The minimum Gasteiger partial charge on any atom is -0.788 e. The van der Waals surface area contributed by atoms with E-state index >= 15 is 0 Å². The fourth-order valence-corrected chi connectivity index (χ4v) is 8.81. The van der Waals surface area contributed by atoms with Gasteiger partial charge in [0.15, 0.2) is 6.54 Å².